The van der Waals surface area contributed by atoms with Crippen molar-refractivity contribution in [2.24, 2.45) is 0 Å². The lowest BCUT2D eigenvalue weighted by atomic mass is 10.1. The van der Waals surface area contributed by atoms with Crippen molar-refractivity contribution >= 4 is 15.9 Å². The predicted octanol–water partition coefficient (Wildman–Crippen LogP) is 3.49. The average molecular weight is 286 g/mol. The second kappa shape index (κ2) is 7.82. The summed E-state index contributed by atoms with van der Waals surface area (Å²) in [7, 11) is 0. The molecule has 0 saturated carbocycles. The van der Waals surface area contributed by atoms with Crippen molar-refractivity contribution in [2.45, 2.75) is 33.4 Å². The minimum absolute atomic E-state index is 0.680. The number of ether oxygens (including phenoxy) is 1. The lowest BCUT2D eigenvalue weighted by molar-refractivity contribution is 0.133. The highest BCUT2D eigenvalue weighted by Gasteiger charge is 2.01. The SMILES string of the molecule is CCCNCc1ccc(COCC)c(Br)c1. The average Bonchev–Trinajstić information content (AvgIpc) is 2.28. The quantitative estimate of drug-likeness (QED) is 0.775. The normalized spacial score (nSPS) is 10.7. The summed E-state index contributed by atoms with van der Waals surface area (Å²) in [5.74, 6) is 0. The van der Waals surface area contributed by atoms with Crippen molar-refractivity contribution in [3.05, 3.63) is 33.8 Å². The lowest BCUT2D eigenvalue weighted by Gasteiger charge is -2.08. The van der Waals surface area contributed by atoms with Gasteiger partial charge in [0.25, 0.3) is 0 Å². The standard InChI is InChI=1S/C13H20BrNO/c1-3-7-15-9-11-5-6-12(10-16-4-2)13(14)8-11/h5-6,8,15H,3-4,7,9-10H2,1-2H3. The minimum atomic E-state index is 0.680. The van der Waals surface area contributed by atoms with Gasteiger partial charge in [-0.2, -0.15) is 0 Å². The van der Waals surface area contributed by atoms with Crippen molar-refractivity contribution in [1.82, 2.24) is 5.32 Å². The number of hydrogen-bond acceptors (Lipinski definition) is 2. The maximum Gasteiger partial charge on any atom is 0.0727 e. The molecule has 0 atom stereocenters. The molecule has 16 heavy (non-hydrogen) atoms. The molecule has 1 aromatic rings. The van der Waals surface area contributed by atoms with Crippen LogP contribution in [0.15, 0.2) is 22.7 Å². The van der Waals surface area contributed by atoms with Gasteiger partial charge in [-0.1, -0.05) is 35.0 Å². The van der Waals surface area contributed by atoms with Gasteiger partial charge in [0.05, 0.1) is 6.61 Å². The molecule has 0 fully saturated rings. The molecule has 0 bridgehead atoms. The third-order valence-electron chi connectivity index (χ3n) is 2.34. The van der Waals surface area contributed by atoms with E-state index in [1.807, 2.05) is 6.92 Å². The Balaban J connectivity index is 2.53. The first-order chi connectivity index (χ1) is 7.77. The number of nitrogens with one attached hydrogen (secondary N) is 1. The van der Waals surface area contributed by atoms with Crippen LogP contribution in [-0.4, -0.2) is 13.2 Å². The topological polar surface area (TPSA) is 21.3 Å². The zero-order valence-electron chi connectivity index (χ0n) is 10.1. The Labute approximate surface area is 107 Å². The van der Waals surface area contributed by atoms with Crippen LogP contribution in [0, 0.1) is 0 Å². The molecule has 0 amide bonds. The zero-order valence-corrected chi connectivity index (χ0v) is 11.6. The first-order valence-electron chi connectivity index (χ1n) is 5.83. The van der Waals surface area contributed by atoms with Gasteiger partial charge < -0.3 is 10.1 Å². The smallest absolute Gasteiger partial charge is 0.0727 e. The van der Waals surface area contributed by atoms with Crippen LogP contribution in [-0.2, 0) is 17.9 Å². The molecule has 0 aromatic heterocycles. The Hall–Kier alpha value is -0.380. The number of benzene rings is 1. The minimum Gasteiger partial charge on any atom is -0.377 e. The van der Waals surface area contributed by atoms with Gasteiger partial charge >= 0.3 is 0 Å². The van der Waals surface area contributed by atoms with E-state index >= 15 is 0 Å². The molecule has 3 heteroatoms. The Morgan fingerprint density at radius 1 is 1.31 bits per heavy atom. The monoisotopic (exact) mass is 285 g/mol. The molecule has 1 rings (SSSR count). The molecule has 0 spiro atoms. The molecule has 0 radical (unpaired) electrons. The van der Waals surface area contributed by atoms with Gasteiger partial charge in [0.1, 0.15) is 0 Å². The number of rotatable bonds is 7. The highest BCUT2D eigenvalue weighted by atomic mass is 79.9. The molecule has 0 heterocycles. The summed E-state index contributed by atoms with van der Waals surface area (Å²) in [6.07, 6.45) is 1.17. The number of halogens is 1. The molecule has 1 aromatic carbocycles. The molecule has 0 saturated heterocycles. The van der Waals surface area contributed by atoms with Crippen molar-refractivity contribution < 1.29 is 4.74 Å². The van der Waals surface area contributed by atoms with Gasteiger partial charge in [-0.3, -0.25) is 0 Å². The molecule has 0 unspecified atom stereocenters. The van der Waals surface area contributed by atoms with E-state index < -0.39 is 0 Å². The Kier molecular flexibility index (Phi) is 6.69. The van der Waals surface area contributed by atoms with E-state index in [-0.39, 0.29) is 0 Å². The van der Waals surface area contributed by atoms with Gasteiger partial charge in [-0.05, 0) is 37.1 Å². The van der Waals surface area contributed by atoms with Gasteiger partial charge in [0.15, 0.2) is 0 Å². The predicted molar refractivity (Wildman–Crippen MR) is 71.5 cm³/mol. The maximum atomic E-state index is 5.39. The molecular weight excluding hydrogens is 266 g/mol. The summed E-state index contributed by atoms with van der Waals surface area (Å²) >= 11 is 3.58. The summed E-state index contributed by atoms with van der Waals surface area (Å²) in [5.41, 5.74) is 2.52. The summed E-state index contributed by atoms with van der Waals surface area (Å²) in [4.78, 5) is 0. The third-order valence-corrected chi connectivity index (χ3v) is 3.07. The fraction of sp³-hybridized carbons (Fsp3) is 0.538. The van der Waals surface area contributed by atoms with Crippen molar-refractivity contribution in [2.75, 3.05) is 13.2 Å². The zero-order chi connectivity index (χ0) is 11.8. The first-order valence-corrected chi connectivity index (χ1v) is 6.63. The summed E-state index contributed by atoms with van der Waals surface area (Å²) in [5, 5.41) is 3.39. The molecule has 1 N–H and O–H groups in total. The molecule has 0 aliphatic heterocycles. The summed E-state index contributed by atoms with van der Waals surface area (Å²) in [6.45, 7) is 7.62. The third kappa shape index (κ3) is 4.64. The molecule has 2 nitrogen and oxygen atoms in total. The lowest BCUT2D eigenvalue weighted by Crippen LogP contribution is -2.13. The highest BCUT2D eigenvalue weighted by Crippen LogP contribution is 2.19. The molecule has 0 aliphatic carbocycles. The van der Waals surface area contributed by atoms with Crippen LogP contribution in [0.1, 0.15) is 31.4 Å². The van der Waals surface area contributed by atoms with Crippen LogP contribution >= 0.6 is 15.9 Å². The Bertz CT molecular complexity index is 315. The van der Waals surface area contributed by atoms with Gasteiger partial charge in [-0.25, -0.2) is 0 Å². The van der Waals surface area contributed by atoms with E-state index in [1.165, 1.54) is 17.5 Å². The Morgan fingerprint density at radius 3 is 2.75 bits per heavy atom. The molecule has 0 aliphatic rings. The van der Waals surface area contributed by atoms with Crippen LogP contribution in [0.25, 0.3) is 0 Å². The van der Waals surface area contributed by atoms with Gasteiger partial charge in [0, 0.05) is 17.6 Å². The second-order valence-corrected chi connectivity index (χ2v) is 4.59. The van der Waals surface area contributed by atoms with E-state index in [0.717, 1.165) is 24.2 Å². The van der Waals surface area contributed by atoms with Crippen LogP contribution < -0.4 is 5.32 Å². The maximum absolute atomic E-state index is 5.39. The van der Waals surface area contributed by atoms with Crippen molar-refractivity contribution in [3.63, 3.8) is 0 Å². The van der Waals surface area contributed by atoms with E-state index in [9.17, 15) is 0 Å². The van der Waals surface area contributed by atoms with E-state index in [0.29, 0.717) is 6.61 Å². The fourth-order valence-electron chi connectivity index (χ4n) is 1.44. The highest BCUT2D eigenvalue weighted by molar-refractivity contribution is 9.10. The van der Waals surface area contributed by atoms with Crippen molar-refractivity contribution in [1.29, 1.82) is 0 Å². The first kappa shape index (κ1) is 13.7. The fourth-order valence-corrected chi connectivity index (χ4v) is 1.98. The molecule has 90 valence electrons. The van der Waals surface area contributed by atoms with E-state index in [2.05, 4.69) is 46.4 Å². The van der Waals surface area contributed by atoms with Crippen LogP contribution in [0.5, 0.6) is 0 Å². The summed E-state index contributed by atoms with van der Waals surface area (Å²) < 4.78 is 6.53. The Morgan fingerprint density at radius 2 is 2.12 bits per heavy atom. The molecular formula is C13H20BrNO. The second-order valence-electron chi connectivity index (χ2n) is 3.74. The van der Waals surface area contributed by atoms with Crippen molar-refractivity contribution in [3.8, 4) is 0 Å². The van der Waals surface area contributed by atoms with Crippen LogP contribution in [0.3, 0.4) is 0 Å². The number of hydrogen-bond donors (Lipinski definition) is 1. The van der Waals surface area contributed by atoms with Crippen LogP contribution in [0.2, 0.25) is 0 Å². The van der Waals surface area contributed by atoms with E-state index in [1.54, 1.807) is 0 Å². The van der Waals surface area contributed by atoms with Crippen LogP contribution in [0.4, 0.5) is 0 Å². The summed E-state index contributed by atoms with van der Waals surface area (Å²) in [6, 6.07) is 6.45. The van der Waals surface area contributed by atoms with Gasteiger partial charge in [-0.15, -0.1) is 0 Å². The largest absolute Gasteiger partial charge is 0.377 e. The van der Waals surface area contributed by atoms with E-state index in [4.69, 9.17) is 4.74 Å². The van der Waals surface area contributed by atoms with Gasteiger partial charge in [0.2, 0.25) is 0 Å².